The number of fused-ring (bicyclic) bond motifs is 1. The zero-order chi connectivity index (χ0) is 21.3. The smallest absolute Gasteiger partial charge is 0.205 e. The van der Waals surface area contributed by atoms with E-state index in [1.54, 1.807) is 30.3 Å². The number of rotatable bonds is 4. The number of aromatic hydroxyl groups is 1. The number of ether oxygens (including phenoxy) is 2. The van der Waals surface area contributed by atoms with E-state index in [-0.39, 0.29) is 17.2 Å². The first-order valence-electron chi connectivity index (χ1n) is 9.04. The predicted molar refractivity (Wildman–Crippen MR) is 117 cm³/mol. The van der Waals surface area contributed by atoms with E-state index in [2.05, 4.69) is 22.0 Å². The summed E-state index contributed by atoms with van der Waals surface area (Å²) in [5, 5.41) is 21.0. The van der Waals surface area contributed by atoms with Crippen molar-refractivity contribution in [3.63, 3.8) is 0 Å². The van der Waals surface area contributed by atoms with Crippen molar-refractivity contribution in [2.45, 2.75) is 12.5 Å². The van der Waals surface area contributed by atoms with Crippen LogP contribution in [0.25, 0.3) is 0 Å². The average Bonchev–Trinajstić information content (AvgIpc) is 2.73. The normalized spacial score (nSPS) is 15.2. The number of allylic oxidation sites excluding steroid dienone is 1. The third kappa shape index (κ3) is 3.82. The molecular formula is C23H16BrClN2O3. The molecule has 0 aliphatic carbocycles. The zero-order valence-corrected chi connectivity index (χ0v) is 17.9. The Balaban J connectivity index is 1.80. The number of benzene rings is 3. The van der Waals surface area contributed by atoms with Crippen molar-refractivity contribution in [3.8, 4) is 23.3 Å². The van der Waals surface area contributed by atoms with E-state index in [4.69, 9.17) is 26.8 Å². The Hall–Kier alpha value is -3.14. The Morgan fingerprint density at radius 3 is 2.67 bits per heavy atom. The molecule has 0 fully saturated rings. The molecule has 4 rings (SSSR count). The topological polar surface area (TPSA) is 88.5 Å². The van der Waals surface area contributed by atoms with E-state index >= 15 is 0 Å². The number of nitrogens with two attached hydrogens (primary N) is 1. The summed E-state index contributed by atoms with van der Waals surface area (Å²) in [6.45, 7) is 0.309. The maximum atomic E-state index is 10.6. The molecule has 0 radical (unpaired) electrons. The van der Waals surface area contributed by atoms with Crippen LogP contribution in [0.2, 0.25) is 5.02 Å². The highest BCUT2D eigenvalue weighted by molar-refractivity contribution is 9.10. The van der Waals surface area contributed by atoms with Gasteiger partial charge in [-0.05, 0) is 48.0 Å². The molecule has 7 heteroatoms. The molecule has 5 nitrogen and oxygen atoms in total. The van der Waals surface area contributed by atoms with Gasteiger partial charge in [-0.15, -0.1) is 0 Å². The quantitative estimate of drug-likeness (QED) is 0.504. The largest absolute Gasteiger partial charge is 0.507 e. The number of halogens is 2. The monoisotopic (exact) mass is 482 g/mol. The van der Waals surface area contributed by atoms with Crippen LogP contribution in [0.15, 0.2) is 76.6 Å². The molecular weight excluding hydrogens is 468 g/mol. The molecule has 0 spiro atoms. The molecule has 3 N–H and O–H groups in total. The summed E-state index contributed by atoms with van der Waals surface area (Å²) < 4.78 is 12.5. The Kier molecular flexibility index (Phi) is 5.58. The lowest BCUT2D eigenvalue weighted by Gasteiger charge is -2.28. The van der Waals surface area contributed by atoms with Gasteiger partial charge in [0.05, 0.1) is 5.92 Å². The Morgan fingerprint density at radius 1 is 1.17 bits per heavy atom. The molecule has 30 heavy (non-hydrogen) atoms. The minimum absolute atomic E-state index is 0.00391. The second-order valence-electron chi connectivity index (χ2n) is 6.71. The van der Waals surface area contributed by atoms with Gasteiger partial charge in [0.25, 0.3) is 0 Å². The Morgan fingerprint density at radius 2 is 1.93 bits per heavy atom. The van der Waals surface area contributed by atoms with Crippen LogP contribution in [0.4, 0.5) is 0 Å². The summed E-state index contributed by atoms with van der Waals surface area (Å²) in [4.78, 5) is 0. The third-order valence-electron chi connectivity index (χ3n) is 4.82. The first kappa shape index (κ1) is 20.1. The van der Waals surface area contributed by atoms with Crippen LogP contribution in [0.1, 0.15) is 22.6 Å². The van der Waals surface area contributed by atoms with Crippen molar-refractivity contribution in [3.05, 3.63) is 98.3 Å². The van der Waals surface area contributed by atoms with Crippen molar-refractivity contribution in [2.75, 3.05) is 0 Å². The number of hydrogen-bond acceptors (Lipinski definition) is 5. The van der Waals surface area contributed by atoms with E-state index in [9.17, 15) is 10.4 Å². The van der Waals surface area contributed by atoms with Crippen molar-refractivity contribution >= 4 is 27.5 Å². The summed E-state index contributed by atoms with van der Waals surface area (Å²) in [5.74, 6) is 0.346. The molecule has 0 saturated heterocycles. The van der Waals surface area contributed by atoms with Gasteiger partial charge in [-0.3, -0.25) is 0 Å². The van der Waals surface area contributed by atoms with Crippen LogP contribution in [-0.2, 0) is 6.61 Å². The number of nitriles is 1. The van der Waals surface area contributed by atoms with Crippen molar-refractivity contribution in [2.24, 2.45) is 5.73 Å². The molecule has 3 aromatic carbocycles. The maximum Gasteiger partial charge on any atom is 0.205 e. The van der Waals surface area contributed by atoms with Gasteiger partial charge in [0.15, 0.2) is 0 Å². The lowest BCUT2D eigenvalue weighted by atomic mass is 9.82. The predicted octanol–water partition coefficient (Wildman–Crippen LogP) is 5.61. The van der Waals surface area contributed by atoms with Crippen LogP contribution >= 0.6 is 27.5 Å². The fourth-order valence-corrected chi connectivity index (χ4v) is 3.93. The fourth-order valence-electron chi connectivity index (χ4n) is 3.42. The molecule has 0 aromatic heterocycles. The van der Waals surface area contributed by atoms with E-state index in [1.165, 1.54) is 0 Å². The van der Waals surface area contributed by atoms with Crippen LogP contribution in [0.5, 0.6) is 17.2 Å². The maximum absolute atomic E-state index is 10.6. The number of phenols is 1. The molecule has 1 aliphatic heterocycles. The summed E-state index contributed by atoms with van der Waals surface area (Å²) in [7, 11) is 0. The first-order valence-corrected chi connectivity index (χ1v) is 10.2. The van der Waals surface area contributed by atoms with Gasteiger partial charge in [0.2, 0.25) is 5.88 Å². The minimum atomic E-state index is -0.641. The van der Waals surface area contributed by atoms with Gasteiger partial charge in [0.1, 0.15) is 35.5 Å². The van der Waals surface area contributed by atoms with Gasteiger partial charge in [-0.25, -0.2) is 0 Å². The molecule has 150 valence electrons. The third-order valence-corrected chi connectivity index (χ3v) is 5.56. The lowest BCUT2D eigenvalue weighted by molar-refractivity contribution is 0.301. The first-order chi connectivity index (χ1) is 14.5. The lowest BCUT2D eigenvalue weighted by Crippen LogP contribution is -2.21. The summed E-state index contributed by atoms with van der Waals surface area (Å²) in [5.41, 5.74) is 8.34. The summed E-state index contributed by atoms with van der Waals surface area (Å²) >= 11 is 9.44. The number of phenolic OH excluding ortho intramolecular Hbond substituents is 1. The molecule has 1 aliphatic rings. The van der Waals surface area contributed by atoms with Crippen LogP contribution in [0, 0.1) is 11.3 Å². The van der Waals surface area contributed by atoms with Crippen LogP contribution in [-0.4, -0.2) is 5.11 Å². The van der Waals surface area contributed by atoms with E-state index in [1.807, 2.05) is 30.3 Å². The van der Waals surface area contributed by atoms with Crippen LogP contribution in [0.3, 0.4) is 0 Å². The highest BCUT2D eigenvalue weighted by Gasteiger charge is 2.34. The molecule has 0 amide bonds. The molecule has 3 aromatic rings. The Bertz CT molecular complexity index is 1190. The standard InChI is InChI=1S/C23H16BrClN2O3/c24-14-6-9-19(29-12-13-4-7-15(25)8-5-13)16(10-14)21-17(11-26)23(27)30-20-3-1-2-18(28)22(20)21/h1-10,21,28H,12,27H2. The van der Waals surface area contributed by atoms with E-state index < -0.39 is 5.92 Å². The fraction of sp³-hybridized carbons (Fsp3) is 0.0870. The van der Waals surface area contributed by atoms with Gasteiger partial charge >= 0.3 is 0 Å². The zero-order valence-electron chi connectivity index (χ0n) is 15.6. The Labute approximate surface area is 187 Å². The summed E-state index contributed by atoms with van der Waals surface area (Å²) in [6, 6.07) is 19.9. The molecule has 0 bridgehead atoms. The minimum Gasteiger partial charge on any atom is -0.507 e. The highest BCUT2D eigenvalue weighted by atomic mass is 79.9. The van der Waals surface area contributed by atoms with Gasteiger partial charge in [-0.1, -0.05) is 45.7 Å². The molecule has 0 saturated carbocycles. The van der Waals surface area contributed by atoms with Crippen molar-refractivity contribution < 1.29 is 14.6 Å². The van der Waals surface area contributed by atoms with Gasteiger partial charge in [-0.2, -0.15) is 5.26 Å². The highest BCUT2D eigenvalue weighted by Crippen LogP contribution is 2.48. The van der Waals surface area contributed by atoms with E-state index in [0.29, 0.717) is 34.3 Å². The second-order valence-corrected chi connectivity index (χ2v) is 8.06. The SMILES string of the molecule is N#CC1=C(N)Oc2cccc(O)c2C1c1cc(Br)ccc1OCc1ccc(Cl)cc1. The van der Waals surface area contributed by atoms with Crippen molar-refractivity contribution in [1.82, 2.24) is 0 Å². The average molecular weight is 484 g/mol. The van der Waals surface area contributed by atoms with Gasteiger partial charge < -0.3 is 20.3 Å². The van der Waals surface area contributed by atoms with E-state index in [0.717, 1.165) is 10.0 Å². The van der Waals surface area contributed by atoms with Gasteiger partial charge in [0, 0.05) is 20.6 Å². The number of nitrogens with zero attached hydrogens (tertiary/aromatic N) is 1. The molecule has 1 unspecified atom stereocenters. The molecule has 1 heterocycles. The second kappa shape index (κ2) is 8.31. The molecule has 1 atom stereocenters. The summed E-state index contributed by atoms with van der Waals surface area (Å²) in [6.07, 6.45) is 0. The van der Waals surface area contributed by atoms with Crippen molar-refractivity contribution in [1.29, 1.82) is 5.26 Å². The number of hydrogen-bond donors (Lipinski definition) is 2. The van der Waals surface area contributed by atoms with Crippen LogP contribution < -0.4 is 15.2 Å².